The van der Waals surface area contributed by atoms with Crippen LogP contribution in [0.2, 0.25) is 0 Å². The van der Waals surface area contributed by atoms with Gasteiger partial charge in [-0.05, 0) is 61.9 Å². The Kier molecular flexibility index (Phi) is 4.01. The number of carbonyl (C=O) groups excluding carboxylic acids is 1. The van der Waals surface area contributed by atoms with Gasteiger partial charge in [-0.3, -0.25) is 4.79 Å². The molecule has 128 valence electrons. The molecule has 0 spiro atoms. The van der Waals surface area contributed by atoms with Gasteiger partial charge in [0.1, 0.15) is 5.82 Å². The Morgan fingerprint density at radius 3 is 2.35 bits per heavy atom. The lowest BCUT2D eigenvalue weighted by Crippen LogP contribution is -2.11. The number of para-hydroxylation sites is 1. The molecule has 0 aliphatic carbocycles. The van der Waals surface area contributed by atoms with Crippen LogP contribution >= 0.6 is 0 Å². The molecule has 0 saturated heterocycles. The number of aromatic nitrogens is 2. The summed E-state index contributed by atoms with van der Waals surface area (Å²) < 4.78 is 0. The molecule has 1 amide bonds. The summed E-state index contributed by atoms with van der Waals surface area (Å²) in [5.74, 6) is 0.711. The van der Waals surface area contributed by atoms with Crippen LogP contribution in [0.25, 0.3) is 22.4 Å². The van der Waals surface area contributed by atoms with Crippen molar-refractivity contribution >= 4 is 22.6 Å². The van der Waals surface area contributed by atoms with Crippen molar-refractivity contribution in [2.45, 2.75) is 13.8 Å². The first-order valence-corrected chi connectivity index (χ1v) is 8.54. The van der Waals surface area contributed by atoms with Gasteiger partial charge in [-0.15, -0.1) is 0 Å². The number of fused-ring (bicyclic) bond motifs is 1. The summed E-state index contributed by atoms with van der Waals surface area (Å²) >= 11 is 0. The highest BCUT2D eigenvalue weighted by molar-refractivity contribution is 6.04. The number of H-pyrrole nitrogens is 1. The van der Waals surface area contributed by atoms with E-state index in [1.54, 1.807) is 0 Å². The molecule has 4 heteroatoms. The van der Waals surface area contributed by atoms with Gasteiger partial charge in [0.2, 0.25) is 0 Å². The summed E-state index contributed by atoms with van der Waals surface area (Å²) in [4.78, 5) is 20.3. The first-order chi connectivity index (χ1) is 12.6. The Bertz CT molecular complexity index is 1080. The Hall–Kier alpha value is -3.40. The van der Waals surface area contributed by atoms with Crippen molar-refractivity contribution in [1.82, 2.24) is 9.97 Å². The number of benzene rings is 3. The van der Waals surface area contributed by atoms with Gasteiger partial charge in [0.15, 0.2) is 0 Å². The molecule has 4 nitrogen and oxygen atoms in total. The number of amides is 1. The second-order valence-electron chi connectivity index (χ2n) is 6.45. The first kappa shape index (κ1) is 16.1. The lowest BCUT2D eigenvalue weighted by molar-refractivity contribution is 0.102. The molecule has 0 saturated carbocycles. The maximum absolute atomic E-state index is 12.3. The number of hydrogen-bond acceptors (Lipinski definition) is 2. The van der Waals surface area contributed by atoms with Crippen LogP contribution in [0.4, 0.5) is 5.69 Å². The van der Waals surface area contributed by atoms with Crippen molar-refractivity contribution in [2.24, 2.45) is 0 Å². The van der Waals surface area contributed by atoms with Crippen LogP contribution in [0.15, 0.2) is 66.7 Å². The molecular formula is C22H19N3O. The van der Waals surface area contributed by atoms with E-state index in [4.69, 9.17) is 0 Å². The highest BCUT2D eigenvalue weighted by Gasteiger charge is 2.09. The number of rotatable bonds is 3. The van der Waals surface area contributed by atoms with Crippen molar-refractivity contribution in [3.63, 3.8) is 0 Å². The molecule has 0 bridgehead atoms. The molecular weight excluding hydrogens is 322 g/mol. The fourth-order valence-electron chi connectivity index (χ4n) is 2.93. The molecule has 3 aromatic carbocycles. The van der Waals surface area contributed by atoms with Gasteiger partial charge >= 0.3 is 0 Å². The Morgan fingerprint density at radius 1 is 0.923 bits per heavy atom. The molecule has 0 aliphatic heterocycles. The molecule has 0 aliphatic rings. The average molecular weight is 341 g/mol. The van der Waals surface area contributed by atoms with Crippen LogP contribution in [0.1, 0.15) is 21.5 Å². The molecule has 0 fully saturated rings. The van der Waals surface area contributed by atoms with E-state index >= 15 is 0 Å². The van der Waals surface area contributed by atoms with Gasteiger partial charge in [0.25, 0.3) is 5.91 Å². The molecule has 0 atom stereocenters. The van der Waals surface area contributed by atoms with Crippen LogP contribution < -0.4 is 5.32 Å². The van der Waals surface area contributed by atoms with Gasteiger partial charge < -0.3 is 10.3 Å². The minimum atomic E-state index is -0.114. The third-order valence-corrected chi connectivity index (χ3v) is 4.44. The molecule has 4 aromatic rings. The van der Waals surface area contributed by atoms with Gasteiger partial charge in [-0.25, -0.2) is 4.98 Å². The number of aryl methyl sites for hydroxylation is 2. The van der Waals surface area contributed by atoms with Crippen molar-refractivity contribution in [3.8, 4) is 11.4 Å². The number of anilines is 1. The maximum Gasteiger partial charge on any atom is 0.255 e. The summed E-state index contributed by atoms with van der Waals surface area (Å²) in [5.41, 5.74) is 6.67. The van der Waals surface area contributed by atoms with Crippen LogP contribution in [0.5, 0.6) is 0 Å². The molecule has 4 rings (SSSR count). The monoisotopic (exact) mass is 341 g/mol. The van der Waals surface area contributed by atoms with Crippen molar-refractivity contribution in [1.29, 1.82) is 0 Å². The van der Waals surface area contributed by atoms with E-state index in [0.717, 1.165) is 39.2 Å². The van der Waals surface area contributed by atoms with Gasteiger partial charge in [0.05, 0.1) is 11.0 Å². The summed E-state index contributed by atoms with van der Waals surface area (Å²) in [5, 5.41) is 2.92. The van der Waals surface area contributed by atoms with Crippen molar-refractivity contribution in [2.75, 3.05) is 5.32 Å². The van der Waals surface area contributed by atoms with E-state index < -0.39 is 0 Å². The van der Waals surface area contributed by atoms with Gasteiger partial charge in [-0.1, -0.05) is 29.8 Å². The maximum atomic E-state index is 12.3. The lowest BCUT2D eigenvalue weighted by Gasteiger charge is -2.06. The van der Waals surface area contributed by atoms with Crippen LogP contribution in [-0.4, -0.2) is 15.9 Å². The topological polar surface area (TPSA) is 57.8 Å². The van der Waals surface area contributed by atoms with Gasteiger partial charge in [-0.2, -0.15) is 0 Å². The van der Waals surface area contributed by atoms with E-state index in [2.05, 4.69) is 28.3 Å². The van der Waals surface area contributed by atoms with Crippen LogP contribution in [0, 0.1) is 13.8 Å². The molecule has 0 unspecified atom stereocenters. The first-order valence-electron chi connectivity index (χ1n) is 8.54. The molecule has 1 aromatic heterocycles. The number of imidazole rings is 1. The molecule has 2 N–H and O–H groups in total. The predicted molar refractivity (Wildman–Crippen MR) is 105 cm³/mol. The third-order valence-electron chi connectivity index (χ3n) is 4.44. The fraction of sp³-hybridized carbons (Fsp3) is 0.0909. The standard InChI is InChI=1S/C22H19N3O/c1-14-6-8-17(9-7-14)22(26)23-18-12-10-16(11-13-18)21-24-19-5-3-4-15(2)20(19)25-21/h3-13H,1-2H3,(H,23,26)(H,24,25). The second-order valence-corrected chi connectivity index (χ2v) is 6.45. The Balaban J connectivity index is 1.55. The van der Waals surface area contributed by atoms with Gasteiger partial charge in [0, 0.05) is 16.8 Å². The highest BCUT2D eigenvalue weighted by atomic mass is 16.1. The smallest absolute Gasteiger partial charge is 0.255 e. The number of nitrogens with one attached hydrogen (secondary N) is 2. The summed E-state index contributed by atoms with van der Waals surface area (Å²) in [6, 6.07) is 21.3. The van der Waals surface area contributed by atoms with E-state index in [9.17, 15) is 4.79 Å². The molecule has 0 radical (unpaired) electrons. The van der Waals surface area contributed by atoms with Crippen molar-refractivity contribution < 1.29 is 4.79 Å². The predicted octanol–water partition coefficient (Wildman–Crippen LogP) is 5.10. The molecule has 1 heterocycles. The zero-order chi connectivity index (χ0) is 18.1. The number of hydrogen-bond donors (Lipinski definition) is 2. The van der Waals surface area contributed by atoms with E-state index in [1.165, 1.54) is 0 Å². The lowest BCUT2D eigenvalue weighted by atomic mass is 10.1. The molecule has 26 heavy (non-hydrogen) atoms. The average Bonchev–Trinajstić information content (AvgIpc) is 3.08. The normalized spacial score (nSPS) is 10.8. The minimum absolute atomic E-state index is 0.114. The largest absolute Gasteiger partial charge is 0.338 e. The summed E-state index contributed by atoms with van der Waals surface area (Å²) in [7, 11) is 0. The van der Waals surface area contributed by atoms with Crippen LogP contribution in [-0.2, 0) is 0 Å². The summed E-state index contributed by atoms with van der Waals surface area (Å²) in [6.45, 7) is 4.05. The zero-order valence-electron chi connectivity index (χ0n) is 14.7. The second kappa shape index (κ2) is 6.48. The van der Waals surface area contributed by atoms with Crippen molar-refractivity contribution in [3.05, 3.63) is 83.4 Å². The fourth-order valence-corrected chi connectivity index (χ4v) is 2.93. The highest BCUT2D eigenvalue weighted by Crippen LogP contribution is 2.24. The van der Waals surface area contributed by atoms with E-state index in [0.29, 0.717) is 5.56 Å². The number of carbonyl (C=O) groups is 1. The zero-order valence-corrected chi connectivity index (χ0v) is 14.7. The van der Waals surface area contributed by atoms with Crippen LogP contribution in [0.3, 0.4) is 0 Å². The number of aromatic amines is 1. The SMILES string of the molecule is Cc1ccc(C(=O)Nc2ccc(-c3nc4c(C)cccc4[nH]3)cc2)cc1. The Morgan fingerprint density at radius 2 is 1.65 bits per heavy atom. The third kappa shape index (κ3) is 3.09. The quantitative estimate of drug-likeness (QED) is 0.545. The van der Waals surface area contributed by atoms with E-state index in [1.807, 2.05) is 67.6 Å². The Labute approximate surface area is 151 Å². The number of nitrogens with zero attached hydrogens (tertiary/aromatic N) is 1. The summed E-state index contributed by atoms with van der Waals surface area (Å²) in [6.07, 6.45) is 0. The minimum Gasteiger partial charge on any atom is -0.338 e. The van der Waals surface area contributed by atoms with E-state index in [-0.39, 0.29) is 5.91 Å².